The third kappa shape index (κ3) is 3.07. The molecule has 2 saturated heterocycles. The Kier molecular flexibility index (Phi) is 4.30. The van der Waals surface area contributed by atoms with Crippen LogP contribution in [0.25, 0.3) is 0 Å². The van der Waals surface area contributed by atoms with E-state index >= 15 is 0 Å². The predicted molar refractivity (Wildman–Crippen MR) is 90.9 cm³/mol. The molecular formula is C17H26FN5O. The Morgan fingerprint density at radius 2 is 1.92 bits per heavy atom. The minimum atomic E-state index is -0.345. The molecule has 0 radical (unpaired) electrons. The van der Waals surface area contributed by atoms with Crippen LogP contribution in [0.1, 0.15) is 12.8 Å². The summed E-state index contributed by atoms with van der Waals surface area (Å²) in [6.45, 7) is 4.49. The van der Waals surface area contributed by atoms with Crippen LogP contribution in [0.15, 0.2) is 6.20 Å². The first-order chi connectivity index (χ1) is 11.6. The summed E-state index contributed by atoms with van der Waals surface area (Å²) in [7, 11) is 4.29. The molecule has 3 aliphatic rings. The van der Waals surface area contributed by atoms with Gasteiger partial charge in [0.15, 0.2) is 11.6 Å². The largest absolute Gasteiger partial charge is 0.378 e. The van der Waals surface area contributed by atoms with Gasteiger partial charge in [-0.1, -0.05) is 0 Å². The number of hydrogen-bond acceptors (Lipinski definition) is 6. The van der Waals surface area contributed by atoms with Crippen LogP contribution in [0, 0.1) is 17.7 Å². The molecule has 1 aromatic rings. The highest BCUT2D eigenvalue weighted by Gasteiger charge is 2.44. The van der Waals surface area contributed by atoms with E-state index in [1.807, 2.05) is 4.90 Å². The second-order valence-corrected chi connectivity index (χ2v) is 7.38. The van der Waals surface area contributed by atoms with E-state index in [9.17, 15) is 4.39 Å². The summed E-state index contributed by atoms with van der Waals surface area (Å²) >= 11 is 0. The van der Waals surface area contributed by atoms with Crippen LogP contribution in [-0.2, 0) is 4.74 Å². The van der Waals surface area contributed by atoms with Crippen molar-refractivity contribution in [3.63, 3.8) is 0 Å². The molecule has 24 heavy (non-hydrogen) atoms. The Morgan fingerprint density at radius 1 is 1.17 bits per heavy atom. The summed E-state index contributed by atoms with van der Waals surface area (Å²) < 4.78 is 19.6. The van der Waals surface area contributed by atoms with Gasteiger partial charge in [0.05, 0.1) is 19.4 Å². The van der Waals surface area contributed by atoms with Crippen LogP contribution >= 0.6 is 0 Å². The lowest BCUT2D eigenvalue weighted by molar-refractivity contribution is 0.122. The molecule has 7 heteroatoms. The number of aromatic nitrogens is 2. The number of likely N-dealkylation sites (N-methyl/N-ethyl adjacent to an activating group) is 1. The molecule has 0 spiro atoms. The van der Waals surface area contributed by atoms with Crippen LogP contribution in [0.5, 0.6) is 0 Å². The van der Waals surface area contributed by atoms with Crippen molar-refractivity contribution in [1.29, 1.82) is 0 Å². The molecule has 0 amide bonds. The number of morpholine rings is 1. The maximum atomic E-state index is 14.2. The van der Waals surface area contributed by atoms with Gasteiger partial charge in [0.2, 0.25) is 5.95 Å². The van der Waals surface area contributed by atoms with Gasteiger partial charge in [0, 0.05) is 32.2 Å². The van der Waals surface area contributed by atoms with Crippen molar-refractivity contribution in [2.45, 2.75) is 18.9 Å². The Labute approximate surface area is 142 Å². The van der Waals surface area contributed by atoms with Crippen LogP contribution in [0.3, 0.4) is 0 Å². The van der Waals surface area contributed by atoms with E-state index in [0.29, 0.717) is 50.0 Å². The first kappa shape index (κ1) is 16.0. The van der Waals surface area contributed by atoms with Crippen LogP contribution in [0.2, 0.25) is 0 Å². The molecule has 1 saturated carbocycles. The Morgan fingerprint density at radius 3 is 2.58 bits per heavy atom. The zero-order chi connectivity index (χ0) is 16.7. The molecule has 0 unspecified atom stereocenters. The molecule has 6 nitrogen and oxygen atoms in total. The zero-order valence-electron chi connectivity index (χ0n) is 14.5. The fraction of sp³-hybridized carbons (Fsp3) is 0.765. The van der Waals surface area contributed by atoms with Crippen molar-refractivity contribution < 1.29 is 9.13 Å². The van der Waals surface area contributed by atoms with Gasteiger partial charge < -0.3 is 19.4 Å². The highest BCUT2D eigenvalue weighted by molar-refractivity contribution is 5.46. The maximum Gasteiger partial charge on any atom is 0.227 e. The van der Waals surface area contributed by atoms with Crippen molar-refractivity contribution in [1.82, 2.24) is 14.9 Å². The lowest BCUT2D eigenvalue weighted by atomic mass is 9.97. The Hall–Kier alpha value is -1.47. The first-order valence-electron chi connectivity index (χ1n) is 8.90. The smallest absolute Gasteiger partial charge is 0.227 e. The minimum Gasteiger partial charge on any atom is -0.378 e. The third-order valence-corrected chi connectivity index (χ3v) is 5.53. The normalized spacial score (nSPS) is 28.0. The SMILES string of the molecule is CN(C)[C@@H]1CN(c2ncc(F)c(N3CCOCC3)n2)C[C@H]1C1CC1. The number of nitrogens with zero attached hydrogens (tertiary/aromatic N) is 5. The summed E-state index contributed by atoms with van der Waals surface area (Å²) in [5.41, 5.74) is 0. The van der Waals surface area contributed by atoms with Crippen LogP contribution in [-0.4, -0.2) is 74.4 Å². The molecule has 0 bridgehead atoms. The van der Waals surface area contributed by atoms with E-state index < -0.39 is 0 Å². The average Bonchev–Trinajstić information content (AvgIpc) is 3.34. The van der Waals surface area contributed by atoms with Gasteiger partial charge in [-0.2, -0.15) is 4.98 Å². The number of rotatable bonds is 4. The van der Waals surface area contributed by atoms with Gasteiger partial charge >= 0.3 is 0 Å². The van der Waals surface area contributed by atoms with Crippen molar-refractivity contribution >= 4 is 11.8 Å². The molecule has 1 aromatic heterocycles. The monoisotopic (exact) mass is 335 g/mol. The summed E-state index contributed by atoms with van der Waals surface area (Å²) in [4.78, 5) is 15.4. The molecule has 1 aliphatic carbocycles. The van der Waals surface area contributed by atoms with E-state index in [2.05, 4.69) is 33.9 Å². The second-order valence-electron chi connectivity index (χ2n) is 7.38. The summed E-state index contributed by atoms with van der Waals surface area (Å²) in [6, 6.07) is 0.526. The lowest BCUT2D eigenvalue weighted by Gasteiger charge is -2.28. The molecule has 2 atom stereocenters. The van der Waals surface area contributed by atoms with Gasteiger partial charge in [-0.15, -0.1) is 0 Å². The fourth-order valence-electron chi connectivity index (χ4n) is 4.01. The topological polar surface area (TPSA) is 44.7 Å². The number of halogens is 1. The Balaban J connectivity index is 1.55. The van der Waals surface area contributed by atoms with Crippen molar-refractivity contribution in [3.8, 4) is 0 Å². The minimum absolute atomic E-state index is 0.345. The Bertz CT molecular complexity index is 578. The highest BCUT2D eigenvalue weighted by Crippen LogP contribution is 2.43. The summed E-state index contributed by atoms with van der Waals surface area (Å²) in [5, 5.41) is 0. The quantitative estimate of drug-likeness (QED) is 0.825. The maximum absolute atomic E-state index is 14.2. The van der Waals surface area contributed by atoms with Crippen LogP contribution < -0.4 is 9.80 Å². The molecular weight excluding hydrogens is 309 g/mol. The molecule has 0 aromatic carbocycles. The van der Waals surface area contributed by atoms with E-state index in [1.165, 1.54) is 19.0 Å². The highest BCUT2D eigenvalue weighted by atomic mass is 19.1. The molecule has 3 heterocycles. The number of hydrogen-bond donors (Lipinski definition) is 0. The lowest BCUT2D eigenvalue weighted by Crippen LogP contribution is -2.38. The van der Waals surface area contributed by atoms with Gasteiger partial charge in [0.25, 0.3) is 0 Å². The first-order valence-corrected chi connectivity index (χ1v) is 8.90. The van der Waals surface area contributed by atoms with Crippen molar-refractivity contribution in [2.24, 2.45) is 11.8 Å². The summed E-state index contributed by atoms with van der Waals surface area (Å²) in [6.07, 6.45) is 4.00. The van der Waals surface area contributed by atoms with E-state index in [1.54, 1.807) is 0 Å². The van der Waals surface area contributed by atoms with Crippen LogP contribution in [0.4, 0.5) is 16.2 Å². The molecule has 3 fully saturated rings. The number of ether oxygens (including phenoxy) is 1. The van der Waals surface area contributed by atoms with Gasteiger partial charge in [-0.25, -0.2) is 9.37 Å². The standard InChI is InChI=1S/C17H26FN5O/c1-21(2)15-11-23(10-13(15)12-3-4-12)17-19-9-14(18)16(20-17)22-5-7-24-8-6-22/h9,12-13,15H,3-8,10-11H2,1-2H3/t13-,15+/m0/s1. The fourth-order valence-corrected chi connectivity index (χ4v) is 4.01. The average molecular weight is 335 g/mol. The predicted octanol–water partition coefficient (Wildman–Crippen LogP) is 1.23. The van der Waals surface area contributed by atoms with Crippen molar-refractivity contribution in [3.05, 3.63) is 12.0 Å². The van der Waals surface area contributed by atoms with Crippen molar-refractivity contribution in [2.75, 3.05) is 63.3 Å². The molecule has 2 aliphatic heterocycles. The molecule has 132 valence electrons. The van der Waals surface area contributed by atoms with E-state index in [4.69, 9.17) is 4.74 Å². The zero-order valence-corrected chi connectivity index (χ0v) is 14.5. The molecule has 0 N–H and O–H groups in total. The van der Waals surface area contributed by atoms with Gasteiger partial charge in [-0.3, -0.25) is 0 Å². The number of anilines is 2. The summed E-state index contributed by atoms with van der Waals surface area (Å²) in [5.74, 6) is 2.23. The molecule has 4 rings (SSSR count). The second kappa shape index (κ2) is 6.44. The van der Waals surface area contributed by atoms with E-state index in [-0.39, 0.29) is 5.82 Å². The van der Waals surface area contributed by atoms with Gasteiger partial charge in [-0.05, 0) is 38.8 Å². The van der Waals surface area contributed by atoms with E-state index in [0.717, 1.165) is 19.0 Å². The van der Waals surface area contributed by atoms with Gasteiger partial charge in [0.1, 0.15) is 0 Å². The third-order valence-electron chi connectivity index (χ3n) is 5.53.